The summed E-state index contributed by atoms with van der Waals surface area (Å²) >= 11 is 0. The summed E-state index contributed by atoms with van der Waals surface area (Å²) in [6.45, 7) is 10.5. The van der Waals surface area contributed by atoms with E-state index < -0.39 is 24.6 Å². The van der Waals surface area contributed by atoms with E-state index in [9.17, 15) is 18.3 Å². The predicted octanol–water partition coefficient (Wildman–Crippen LogP) is 4.63. The highest BCUT2D eigenvalue weighted by Crippen LogP contribution is 2.35. The summed E-state index contributed by atoms with van der Waals surface area (Å²) in [5, 5.41) is 13.9. The standard InChI is InChI=1S/C25H32N2O7SSi/c1-17-18(2)26-33-25(17)27(16-32-19(3)34-36(4,5)6)35(30,31)24-10-8-7-9-23(24)22-12-11-20(14-28)13-21(22)15-29/h7-14,19,29H,15-16H2,1-6H3. The molecule has 0 bridgehead atoms. The number of aldehydes is 1. The molecule has 3 rings (SSSR count). The third kappa shape index (κ3) is 6.10. The predicted molar refractivity (Wildman–Crippen MR) is 139 cm³/mol. The molecule has 0 spiro atoms. The second-order valence-corrected chi connectivity index (χ2v) is 15.6. The lowest BCUT2D eigenvalue weighted by atomic mass is 9.98. The zero-order chi connectivity index (χ0) is 26.7. The van der Waals surface area contributed by atoms with Crippen LogP contribution in [0.25, 0.3) is 11.1 Å². The van der Waals surface area contributed by atoms with E-state index in [1.54, 1.807) is 51.1 Å². The van der Waals surface area contributed by atoms with Gasteiger partial charge in [-0.25, -0.2) is 12.7 Å². The number of anilines is 1. The van der Waals surface area contributed by atoms with Crippen LogP contribution in [-0.4, -0.2) is 46.3 Å². The Kier molecular flexibility index (Phi) is 8.52. The molecule has 0 aliphatic carbocycles. The average molecular weight is 533 g/mol. The maximum absolute atomic E-state index is 14.1. The zero-order valence-corrected chi connectivity index (χ0v) is 23.1. The highest BCUT2D eigenvalue weighted by atomic mass is 32.2. The lowest BCUT2D eigenvalue weighted by molar-refractivity contribution is -0.0686. The van der Waals surface area contributed by atoms with Gasteiger partial charge in [-0.3, -0.25) is 4.79 Å². The quantitative estimate of drug-likeness (QED) is 0.216. The molecule has 1 unspecified atom stereocenters. The van der Waals surface area contributed by atoms with Crippen molar-refractivity contribution in [2.75, 3.05) is 11.0 Å². The van der Waals surface area contributed by atoms with Crippen molar-refractivity contribution in [1.82, 2.24) is 5.16 Å². The number of hydrogen-bond acceptors (Lipinski definition) is 8. The molecule has 9 nitrogen and oxygen atoms in total. The molecule has 194 valence electrons. The van der Waals surface area contributed by atoms with Gasteiger partial charge in [0.15, 0.2) is 8.32 Å². The maximum atomic E-state index is 14.1. The van der Waals surface area contributed by atoms with Crippen LogP contribution in [0.3, 0.4) is 0 Å². The van der Waals surface area contributed by atoms with Crippen molar-refractivity contribution >= 4 is 30.5 Å². The van der Waals surface area contributed by atoms with Gasteiger partial charge in [-0.05, 0) is 63.7 Å². The zero-order valence-electron chi connectivity index (χ0n) is 21.3. The molecule has 0 aliphatic rings. The fraction of sp³-hybridized carbons (Fsp3) is 0.360. The Morgan fingerprint density at radius 3 is 2.42 bits per heavy atom. The first-order chi connectivity index (χ1) is 16.9. The summed E-state index contributed by atoms with van der Waals surface area (Å²) < 4.78 is 46.4. The van der Waals surface area contributed by atoms with Gasteiger partial charge in [0, 0.05) is 16.7 Å². The summed E-state index contributed by atoms with van der Waals surface area (Å²) in [6.07, 6.45) is 0.0226. The minimum atomic E-state index is -4.24. The first-order valence-corrected chi connectivity index (χ1v) is 16.3. The van der Waals surface area contributed by atoms with Gasteiger partial charge in [0.1, 0.15) is 19.3 Å². The van der Waals surface area contributed by atoms with Crippen LogP contribution >= 0.6 is 0 Å². The number of ether oxygens (including phenoxy) is 1. The third-order valence-corrected chi connectivity index (χ3v) is 8.29. The number of aromatic nitrogens is 1. The van der Waals surface area contributed by atoms with E-state index in [1.807, 2.05) is 19.6 Å². The molecule has 11 heteroatoms. The van der Waals surface area contributed by atoms with E-state index in [0.29, 0.717) is 39.8 Å². The van der Waals surface area contributed by atoms with E-state index in [4.69, 9.17) is 13.7 Å². The molecule has 0 radical (unpaired) electrons. The Morgan fingerprint density at radius 2 is 1.83 bits per heavy atom. The van der Waals surface area contributed by atoms with E-state index in [-0.39, 0.29) is 24.1 Å². The Morgan fingerprint density at radius 1 is 1.14 bits per heavy atom. The van der Waals surface area contributed by atoms with E-state index in [0.717, 1.165) is 4.31 Å². The Balaban J connectivity index is 2.11. The topological polar surface area (TPSA) is 119 Å². The summed E-state index contributed by atoms with van der Waals surface area (Å²) in [5.74, 6) is 0.0428. The molecule has 1 atom stereocenters. The molecule has 3 aromatic rings. The molecular formula is C25H32N2O7SSi. The fourth-order valence-electron chi connectivity index (χ4n) is 3.69. The van der Waals surface area contributed by atoms with Crippen molar-refractivity contribution in [1.29, 1.82) is 0 Å². The SMILES string of the molecule is Cc1noc(N(COC(C)O[Si](C)(C)C)S(=O)(=O)c2ccccc2-c2ccc(C=O)cc2CO)c1C. The number of carbonyl (C=O) groups is 1. The van der Waals surface area contributed by atoms with Crippen molar-refractivity contribution in [3.05, 3.63) is 64.8 Å². The number of carbonyl (C=O) groups excluding carboxylic acids is 1. The normalized spacial score (nSPS) is 13.0. The van der Waals surface area contributed by atoms with Crippen LogP contribution in [0.5, 0.6) is 0 Å². The van der Waals surface area contributed by atoms with Crippen molar-refractivity contribution in [2.24, 2.45) is 0 Å². The van der Waals surface area contributed by atoms with E-state index in [1.165, 1.54) is 12.1 Å². The van der Waals surface area contributed by atoms with Gasteiger partial charge in [0.05, 0.1) is 17.2 Å². The van der Waals surface area contributed by atoms with Gasteiger partial charge in [-0.15, -0.1) is 0 Å². The highest BCUT2D eigenvalue weighted by molar-refractivity contribution is 7.93. The number of aliphatic hydroxyl groups is 1. The van der Waals surface area contributed by atoms with Crippen LogP contribution in [0.2, 0.25) is 19.6 Å². The smallest absolute Gasteiger partial charge is 0.269 e. The van der Waals surface area contributed by atoms with E-state index in [2.05, 4.69) is 5.16 Å². The number of nitrogens with zero attached hydrogens (tertiary/aromatic N) is 2. The van der Waals surface area contributed by atoms with Gasteiger partial charge in [-0.2, -0.15) is 0 Å². The fourth-order valence-corrected chi connectivity index (χ4v) is 6.29. The second-order valence-electron chi connectivity index (χ2n) is 9.33. The van der Waals surface area contributed by atoms with Crippen LogP contribution in [0.1, 0.15) is 34.1 Å². The molecule has 0 saturated heterocycles. The molecule has 0 fully saturated rings. The highest BCUT2D eigenvalue weighted by Gasteiger charge is 2.33. The molecule has 0 amide bonds. The average Bonchev–Trinajstić information content (AvgIpc) is 3.15. The van der Waals surface area contributed by atoms with Gasteiger partial charge < -0.3 is 18.8 Å². The molecule has 36 heavy (non-hydrogen) atoms. The summed E-state index contributed by atoms with van der Waals surface area (Å²) in [5.41, 5.74) is 2.77. The van der Waals surface area contributed by atoms with Crippen molar-refractivity contribution < 1.29 is 32.0 Å². The van der Waals surface area contributed by atoms with Gasteiger partial charge in [0.2, 0.25) is 5.88 Å². The molecule has 0 saturated carbocycles. The second kappa shape index (κ2) is 11.1. The van der Waals surface area contributed by atoms with Crippen LogP contribution in [0.4, 0.5) is 5.88 Å². The Hall–Kier alpha value is -2.83. The molecule has 2 aromatic carbocycles. The number of sulfonamides is 1. The maximum Gasteiger partial charge on any atom is 0.269 e. The number of benzene rings is 2. The summed E-state index contributed by atoms with van der Waals surface area (Å²) in [4.78, 5) is 11.2. The molecule has 1 heterocycles. The first kappa shape index (κ1) is 27.7. The molecule has 1 N–H and O–H groups in total. The van der Waals surface area contributed by atoms with Crippen LogP contribution in [0, 0.1) is 13.8 Å². The number of rotatable bonds is 11. The van der Waals surface area contributed by atoms with Gasteiger partial charge >= 0.3 is 0 Å². The number of hydrogen-bond donors (Lipinski definition) is 1. The first-order valence-electron chi connectivity index (χ1n) is 11.4. The molecular weight excluding hydrogens is 500 g/mol. The van der Waals surface area contributed by atoms with Gasteiger partial charge in [-0.1, -0.05) is 35.5 Å². The summed E-state index contributed by atoms with van der Waals surface area (Å²) in [7, 11) is -6.18. The monoisotopic (exact) mass is 532 g/mol. The van der Waals surface area contributed by atoms with Crippen LogP contribution in [0.15, 0.2) is 51.9 Å². The largest absolute Gasteiger partial charge is 0.393 e. The minimum absolute atomic E-state index is 0.0191. The molecule has 0 aliphatic heterocycles. The lowest BCUT2D eigenvalue weighted by Gasteiger charge is -2.28. The van der Waals surface area contributed by atoms with Crippen molar-refractivity contribution in [2.45, 2.75) is 58.2 Å². The van der Waals surface area contributed by atoms with Crippen molar-refractivity contribution in [3.63, 3.8) is 0 Å². The van der Waals surface area contributed by atoms with Crippen LogP contribution < -0.4 is 4.31 Å². The third-order valence-electron chi connectivity index (χ3n) is 5.49. The Bertz CT molecular complexity index is 1330. The van der Waals surface area contributed by atoms with Crippen LogP contribution in [-0.2, 0) is 25.8 Å². The van der Waals surface area contributed by atoms with E-state index >= 15 is 0 Å². The molecule has 1 aromatic heterocycles. The number of aliphatic hydroxyl groups excluding tert-OH is 1. The minimum Gasteiger partial charge on any atom is -0.393 e. The lowest BCUT2D eigenvalue weighted by Crippen LogP contribution is -2.38. The number of aryl methyl sites for hydroxylation is 1. The Labute approximate surface area is 212 Å². The van der Waals surface area contributed by atoms with Crippen molar-refractivity contribution in [3.8, 4) is 11.1 Å². The van der Waals surface area contributed by atoms with Gasteiger partial charge in [0.25, 0.3) is 10.0 Å². The summed E-state index contributed by atoms with van der Waals surface area (Å²) in [6, 6.07) is 11.2.